The number of amides is 1. The lowest BCUT2D eigenvalue weighted by atomic mass is 10.1. The first-order valence-electron chi connectivity index (χ1n) is 12.7. The van der Waals surface area contributed by atoms with Crippen LogP contribution in [0.2, 0.25) is 0 Å². The molecular weight excluding hydrogens is 460 g/mol. The van der Waals surface area contributed by atoms with E-state index in [0.29, 0.717) is 36.3 Å². The summed E-state index contributed by atoms with van der Waals surface area (Å²) in [6, 6.07) is 15.6. The Bertz CT molecular complexity index is 1250. The van der Waals surface area contributed by atoms with Gasteiger partial charge in [-0.2, -0.15) is 4.31 Å². The van der Waals surface area contributed by atoms with E-state index in [-0.39, 0.29) is 11.9 Å². The minimum atomic E-state index is -3.49. The molecule has 1 unspecified atom stereocenters. The zero-order valence-corrected chi connectivity index (χ0v) is 21.6. The van der Waals surface area contributed by atoms with Gasteiger partial charge in [-0.3, -0.25) is 4.79 Å². The number of aromatic nitrogens is 2. The molecule has 0 aliphatic carbocycles. The number of benzene rings is 2. The topological polar surface area (TPSA) is 84.3 Å². The van der Waals surface area contributed by atoms with E-state index in [1.54, 1.807) is 16.4 Å². The van der Waals surface area contributed by atoms with Crippen LogP contribution < -0.4 is 5.32 Å². The van der Waals surface area contributed by atoms with Crippen LogP contribution in [0.1, 0.15) is 57.3 Å². The molecule has 0 radical (unpaired) electrons. The van der Waals surface area contributed by atoms with Crippen LogP contribution in [0, 0.1) is 0 Å². The van der Waals surface area contributed by atoms with Gasteiger partial charge in [-0.05, 0) is 62.8 Å². The maximum absolute atomic E-state index is 13.0. The van der Waals surface area contributed by atoms with Crippen molar-refractivity contribution in [1.29, 1.82) is 0 Å². The molecular formula is C27H36N4O3S. The van der Waals surface area contributed by atoms with Gasteiger partial charge in [-0.1, -0.05) is 37.3 Å². The van der Waals surface area contributed by atoms with Crippen LogP contribution in [0.25, 0.3) is 11.0 Å². The molecule has 2 heterocycles. The van der Waals surface area contributed by atoms with Crippen molar-refractivity contribution in [3.05, 3.63) is 59.9 Å². The van der Waals surface area contributed by atoms with Gasteiger partial charge in [0.15, 0.2) is 0 Å². The summed E-state index contributed by atoms with van der Waals surface area (Å²) in [7, 11) is -3.49. The molecule has 188 valence electrons. The van der Waals surface area contributed by atoms with Gasteiger partial charge in [0, 0.05) is 38.5 Å². The van der Waals surface area contributed by atoms with Gasteiger partial charge in [0.25, 0.3) is 0 Å². The number of imidazole rings is 1. The third kappa shape index (κ3) is 6.11. The van der Waals surface area contributed by atoms with Crippen LogP contribution in [-0.4, -0.2) is 47.3 Å². The molecule has 35 heavy (non-hydrogen) atoms. The Labute approximate surface area is 208 Å². The Morgan fingerprint density at radius 3 is 2.54 bits per heavy atom. The SMILES string of the molecule is CCCn1c(CCC(=O)NC(C)CCc2ccccc2)nc2cc(S(=O)(=O)N3CCCC3)ccc21. The number of rotatable bonds is 11. The van der Waals surface area contributed by atoms with E-state index in [9.17, 15) is 13.2 Å². The highest BCUT2D eigenvalue weighted by Crippen LogP contribution is 2.26. The zero-order chi connectivity index (χ0) is 24.8. The van der Waals surface area contributed by atoms with E-state index in [0.717, 1.165) is 50.0 Å². The molecule has 1 amide bonds. The van der Waals surface area contributed by atoms with Crippen molar-refractivity contribution in [2.24, 2.45) is 0 Å². The number of aryl methyl sites for hydroxylation is 3. The normalized spacial score (nSPS) is 15.5. The van der Waals surface area contributed by atoms with Gasteiger partial charge < -0.3 is 9.88 Å². The molecule has 3 aromatic rings. The molecule has 0 bridgehead atoms. The van der Waals surface area contributed by atoms with Gasteiger partial charge >= 0.3 is 0 Å². The van der Waals surface area contributed by atoms with Crippen LogP contribution >= 0.6 is 0 Å². The Morgan fingerprint density at radius 2 is 1.83 bits per heavy atom. The fraction of sp³-hybridized carbons (Fsp3) is 0.481. The second kappa shape index (κ2) is 11.4. The van der Waals surface area contributed by atoms with Crippen LogP contribution in [0.4, 0.5) is 0 Å². The first-order chi connectivity index (χ1) is 16.9. The van der Waals surface area contributed by atoms with Gasteiger partial charge in [0.1, 0.15) is 5.82 Å². The van der Waals surface area contributed by atoms with Gasteiger partial charge in [-0.15, -0.1) is 0 Å². The molecule has 1 saturated heterocycles. The smallest absolute Gasteiger partial charge is 0.243 e. The number of nitrogens with zero attached hydrogens (tertiary/aromatic N) is 3. The maximum Gasteiger partial charge on any atom is 0.243 e. The molecule has 8 heteroatoms. The quantitative estimate of drug-likeness (QED) is 0.429. The van der Waals surface area contributed by atoms with Crippen LogP contribution in [0.3, 0.4) is 0 Å². The molecule has 0 spiro atoms. The predicted molar refractivity (Wildman–Crippen MR) is 139 cm³/mol. The van der Waals surface area contributed by atoms with Crippen molar-refractivity contribution in [2.75, 3.05) is 13.1 Å². The van der Waals surface area contributed by atoms with Crippen molar-refractivity contribution in [3.8, 4) is 0 Å². The largest absolute Gasteiger partial charge is 0.354 e. The van der Waals surface area contributed by atoms with Crippen LogP contribution in [0.15, 0.2) is 53.4 Å². The Balaban J connectivity index is 1.42. The van der Waals surface area contributed by atoms with Crippen molar-refractivity contribution in [3.63, 3.8) is 0 Å². The number of carbonyl (C=O) groups is 1. The molecule has 1 atom stereocenters. The Morgan fingerprint density at radius 1 is 1.09 bits per heavy atom. The first kappa shape index (κ1) is 25.4. The summed E-state index contributed by atoms with van der Waals surface area (Å²) < 4.78 is 29.7. The molecule has 7 nitrogen and oxygen atoms in total. The first-order valence-corrected chi connectivity index (χ1v) is 14.1. The van der Waals surface area contributed by atoms with Crippen molar-refractivity contribution in [2.45, 2.75) is 76.3 Å². The number of fused-ring (bicyclic) bond motifs is 1. The molecule has 1 aliphatic heterocycles. The average Bonchev–Trinajstić information content (AvgIpc) is 3.51. The summed E-state index contributed by atoms with van der Waals surface area (Å²) >= 11 is 0. The molecule has 1 fully saturated rings. The monoisotopic (exact) mass is 496 g/mol. The van der Waals surface area contributed by atoms with Crippen molar-refractivity contribution >= 4 is 27.0 Å². The highest BCUT2D eigenvalue weighted by Gasteiger charge is 2.28. The lowest BCUT2D eigenvalue weighted by Crippen LogP contribution is -2.33. The Kier molecular flexibility index (Phi) is 8.23. The van der Waals surface area contributed by atoms with E-state index >= 15 is 0 Å². The fourth-order valence-electron chi connectivity index (χ4n) is 4.73. The minimum absolute atomic E-state index is 0.0120. The summed E-state index contributed by atoms with van der Waals surface area (Å²) in [6.45, 7) is 6.07. The van der Waals surface area contributed by atoms with E-state index in [2.05, 4.69) is 28.9 Å². The second-order valence-electron chi connectivity index (χ2n) is 9.43. The Hall–Kier alpha value is -2.71. The van der Waals surface area contributed by atoms with E-state index in [1.807, 2.05) is 31.2 Å². The molecule has 4 rings (SSSR count). The molecule has 1 N–H and O–H groups in total. The third-order valence-electron chi connectivity index (χ3n) is 6.64. The highest BCUT2D eigenvalue weighted by atomic mass is 32.2. The number of hydrogen-bond acceptors (Lipinski definition) is 4. The average molecular weight is 497 g/mol. The standard InChI is InChI=1S/C27H36N4O3S/c1-3-17-31-25-14-13-23(35(33,34)30-18-7-8-19-30)20-24(25)29-26(31)15-16-27(32)28-21(2)11-12-22-9-5-4-6-10-22/h4-6,9-10,13-14,20-21H,3,7-8,11-12,15-19H2,1-2H3,(H,28,32). The highest BCUT2D eigenvalue weighted by molar-refractivity contribution is 7.89. The second-order valence-corrected chi connectivity index (χ2v) is 11.4. The van der Waals surface area contributed by atoms with Crippen LogP contribution in [0.5, 0.6) is 0 Å². The number of carbonyl (C=O) groups excluding carboxylic acids is 1. The fourth-order valence-corrected chi connectivity index (χ4v) is 6.27. The van der Waals surface area contributed by atoms with Crippen molar-refractivity contribution in [1.82, 2.24) is 19.2 Å². The molecule has 2 aromatic carbocycles. The lowest BCUT2D eigenvalue weighted by Gasteiger charge is -2.15. The summed E-state index contributed by atoms with van der Waals surface area (Å²) in [4.78, 5) is 17.7. The predicted octanol–water partition coefficient (Wildman–Crippen LogP) is 4.30. The molecule has 1 aliphatic rings. The number of hydrogen-bond donors (Lipinski definition) is 1. The molecule has 0 saturated carbocycles. The minimum Gasteiger partial charge on any atom is -0.354 e. The summed E-state index contributed by atoms with van der Waals surface area (Å²) in [5.74, 6) is 0.836. The summed E-state index contributed by atoms with van der Waals surface area (Å²) in [6.07, 6.45) is 5.42. The van der Waals surface area contributed by atoms with E-state index in [4.69, 9.17) is 4.98 Å². The molecule has 1 aromatic heterocycles. The van der Waals surface area contributed by atoms with E-state index in [1.165, 1.54) is 5.56 Å². The maximum atomic E-state index is 13.0. The summed E-state index contributed by atoms with van der Waals surface area (Å²) in [5.41, 5.74) is 2.86. The summed E-state index contributed by atoms with van der Waals surface area (Å²) in [5, 5.41) is 3.11. The van der Waals surface area contributed by atoms with Crippen LogP contribution in [-0.2, 0) is 34.2 Å². The number of nitrogens with one attached hydrogen (secondary N) is 1. The van der Waals surface area contributed by atoms with Crippen molar-refractivity contribution < 1.29 is 13.2 Å². The zero-order valence-electron chi connectivity index (χ0n) is 20.7. The van der Waals surface area contributed by atoms with Gasteiger partial charge in [-0.25, -0.2) is 13.4 Å². The number of sulfonamides is 1. The van der Waals surface area contributed by atoms with Gasteiger partial charge in [0.05, 0.1) is 15.9 Å². The third-order valence-corrected chi connectivity index (χ3v) is 8.54. The lowest BCUT2D eigenvalue weighted by molar-refractivity contribution is -0.121. The van der Waals surface area contributed by atoms with Gasteiger partial charge in [0.2, 0.25) is 15.9 Å². The van der Waals surface area contributed by atoms with E-state index < -0.39 is 10.0 Å².